The van der Waals surface area contributed by atoms with Crippen LogP contribution in [0.4, 0.5) is 0 Å². The van der Waals surface area contributed by atoms with Crippen molar-refractivity contribution in [2.75, 3.05) is 0 Å². The maximum absolute atomic E-state index is 4.77. The molecule has 0 atom stereocenters. The van der Waals surface area contributed by atoms with E-state index in [-0.39, 0.29) is 0 Å². The zero-order chi connectivity index (χ0) is 13.4. The summed E-state index contributed by atoms with van der Waals surface area (Å²) in [5.74, 6) is 1.08. The van der Waals surface area contributed by atoms with E-state index < -0.39 is 0 Å². The molecular formula is C16H17N3. The third-order valence-electron chi connectivity index (χ3n) is 3.50. The van der Waals surface area contributed by atoms with Gasteiger partial charge in [0.2, 0.25) is 0 Å². The molecular weight excluding hydrogens is 234 g/mol. The molecule has 19 heavy (non-hydrogen) atoms. The Morgan fingerprint density at radius 2 is 1.84 bits per heavy atom. The predicted octanol–water partition coefficient (Wildman–Crippen LogP) is 3.51. The van der Waals surface area contributed by atoms with E-state index >= 15 is 0 Å². The lowest BCUT2D eigenvalue weighted by molar-refractivity contribution is 0.821. The third-order valence-corrected chi connectivity index (χ3v) is 3.50. The molecule has 3 heteroatoms. The normalized spacial score (nSPS) is 11.1. The highest BCUT2D eigenvalue weighted by molar-refractivity contribution is 5.79. The second-order valence-electron chi connectivity index (χ2n) is 4.80. The minimum Gasteiger partial charge on any atom is -0.316 e. The predicted molar refractivity (Wildman–Crippen MR) is 78.1 cm³/mol. The first-order chi connectivity index (χ1) is 9.20. The van der Waals surface area contributed by atoms with Gasteiger partial charge in [0.05, 0.1) is 5.69 Å². The van der Waals surface area contributed by atoms with Crippen molar-refractivity contribution in [2.24, 2.45) is 7.05 Å². The summed E-state index contributed by atoms with van der Waals surface area (Å²) in [6, 6.07) is 12.4. The number of fused-ring (bicyclic) bond motifs is 1. The molecule has 0 fully saturated rings. The molecule has 0 N–H and O–H groups in total. The number of pyridine rings is 1. The van der Waals surface area contributed by atoms with E-state index in [1.807, 2.05) is 25.2 Å². The van der Waals surface area contributed by atoms with Crippen molar-refractivity contribution in [1.29, 1.82) is 0 Å². The quantitative estimate of drug-likeness (QED) is 0.698. The van der Waals surface area contributed by atoms with Gasteiger partial charge in [0, 0.05) is 19.0 Å². The fraction of sp³-hybridized carbons (Fsp3) is 0.250. The molecule has 0 unspecified atom stereocenters. The van der Waals surface area contributed by atoms with Crippen LogP contribution in [-0.4, -0.2) is 14.5 Å². The van der Waals surface area contributed by atoms with Crippen molar-refractivity contribution >= 4 is 11.2 Å². The molecule has 3 aromatic rings. The second-order valence-corrected chi connectivity index (χ2v) is 4.80. The van der Waals surface area contributed by atoms with Gasteiger partial charge in [0.1, 0.15) is 11.3 Å². The molecule has 0 bridgehead atoms. The maximum atomic E-state index is 4.77. The smallest absolute Gasteiger partial charge is 0.160 e. The summed E-state index contributed by atoms with van der Waals surface area (Å²) in [5.41, 5.74) is 5.32. The summed E-state index contributed by atoms with van der Waals surface area (Å²) in [7, 11) is 2.04. The van der Waals surface area contributed by atoms with Crippen LogP contribution in [0.1, 0.15) is 18.3 Å². The molecule has 0 aliphatic carbocycles. The Kier molecular flexibility index (Phi) is 2.82. The van der Waals surface area contributed by atoms with Crippen LogP contribution in [0, 0.1) is 6.92 Å². The number of benzene rings is 1. The number of aryl methyl sites for hydroxylation is 3. The molecule has 0 aliphatic heterocycles. The monoisotopic (exact) mass is 251 g/mol. The summed E-state index contributed by atoms with van der Waals surface area (Å²) in [6.45, 7) is 4.22. The lowest BCUT2D eigenvalue weighted by atomic mass is 10.1. The van der Waals surface area contributed by atoms with E-state index in [1.54, 1.807) is 0 Å². The van der Waals surface area contributed by atoms with Crippen molar-refractivity contribution < 1.29 is 0 Å². The molecule has 0 amide bonds. The molecule has 3 rings (SSSR count). The molecule has 0 radical (unpaired) electrons. The second kappa shape index (κ2) is 4.50. The first-order valence-corrected chi connectivity index (χ1v) is 6.59. The molecule has 0 saturated heterocycles. The molecule has 2 heterocycles. The van der Waals surface area contributed by atoms with Gasteiger partial charge >= 0.3 is 0 Å². The van der Waals surface area contributed by atoms with Crippen LogP contribution < -0.4 is 0 Å². The van der Waals surface area contributed by atoms with Gasteiger partial charge in [-0.1, -0.05) is 37.3 Å². The Morgan fingerprint density at radius 3 is 2.53 bits per heavy atom. The Bertz CT molecular complexity index is 727. The molecule has 0 spiro atoms. The topological polar surface area (TPSA) is 30.7 Å². The molecule has 0 aliphatic rings. The zero-order valence-corrected chi connectivity index (χ0v) is 11.5. The average molecular weight is 251 g/mol. The Balaban J connectivity index is 2.27. The molecule has 96 valence electrons. The fourth-order valence-corrected chi connectivity index (χ4v) is 2.42. The fourth-order valence-electron chi connectivity index (χ4n) is 2.42. The van der Waals surface area contributed by atoms with E-state index in [9.17, 15) is 0 Å². The van der Waals surface area contributed by atoms with Crippen molar-refractivity contribution in [2.45, 2.75) is 20.3 Å². The molecule has 3 nitrogen and oxygen atoms in total. The SMILES string of the molecule is CCc1nc2c(C)cc(-c3ccccc3)nc2n1C. The van der Waals surface area contributed by atoms with E-state index in [0.717, 1.165) is 34.7 Å². The Labute approximate surface area is 112 Å². The van der Waals surface area contributed by atoms with Crippen LogP contribution in [0.15, 0.2) is 36.4 Å². The minimum atomic E-state index is 0.924. The van der Waals surface area contributed by atoms with E-state index in [4.69, 9.17) is 4.98 Å². The van der Waals surface area contributed by atoms with Crippen LogP contribution in [-0.2, 0) is 13.5 Å². The maximum Gasteiger partial charge on any atom is 0.160 e. The summed E-state index contributed by atoms with van der Waals surface area (Å²) in [6.07, 6.45) is 0.924. The van der Waals surface area contributed by atoms with Gasteiger partial charge in [-0.15, -0.1) is 0 Å². The van der Waals surface area contributed by atoms with Crippen molar-refractivity contribution in [1.82, 2.24) is 14.5 Å². The van der Waals surface area contributed by atoms with Crippen LogP contribution in [0.2, 0.25) is 0 Å². The minimum absolute atomic E-state index is 0.924. The van der Waals surface area contributed by atoms with Gasteiger partial charge in [-0.25, -0.2) is 9.97 Å². The van der Waals surface area contributed by atoms with E-state index in [2.05, 4.69) is 41.6 Å². The van der Waals surface area contributed by atoms with Crippen molar-refractivity contribution in [3.63, 3.8) is 0 Å². The van der Waals surface area contributed by atoms with Crippen LogP contribution >= 0.6 is 0 Å². The van der Waals surface area contributed by atoms with Gasteiger partial charge in [-0.2, -0.15) is 0 Å². The van der Waals surface area contributed by atoms with Gasteiger partial charge in [-0.05, 0) is 18.6 Å². The highest BCUT2D eigenvalue weighted by Crippen LogP contribution is 2.24. The van der Waals surface area contributed by atoms with Crippen LogP contribution in [0.25, 0.3) is 22.4 Å². The zero-order valence-electron chi connectivity index (χ0n) is 11.5. The number of hydrogen-bond donors (Lipinski definition) is 0. The highest BCUT2D eigenvalue weighted by Gasteiger charge is 2.12. The van der Waals surface area contributed by atoms with Gasteiger partial charge in [0.15, 0.2) is 5.65 Å². The van der Waals surface area contributed by atoms with Gasteiger partial charge in [-0.3, -0.25) is 0 Å². The van der Waals surface area contributed by atoms with E-state index in [1.165, 1.54) is 5.56 Å². The number of aromatic nitrogens is 3. The van der Waals surface area contributed by atoms with E-state index in [0.29, 0.717) is 0 Å². The van der Waals surface area contributed by atoms with Gasteiger partial charge < -0.3 is 4.57 Å². The highest BCUT2D eigenvalue weighted by atomic mass is 15.1. The largest absolute Gasteiger partial charge is 0.316 e. The summed E-state index contributed by atoms with van der Waals surface area (Å²) in [4.78, 5) is 9.44. The molecule has 0 saturated carbocycles. The third kappa shape index (κ3) is 1.91. The summed E-state index contributed by atoms with van der Waals surface area (Å²) < 4.78 is 2.09. The van der Waals surface area contributed by atoms with Crippen LogP contribution in [0.3, 0.4) is 0 Å². The summed E-state index contributed by atoms with van der Waals surface area (Å²) in [5, 5.41) is 0. The Morgan fingerprint density at radius 1 is 1.11 bits per heavy atom. The molecule has 2 aromatic heterocycles. The lowest BCUT2D eigenvalue weighted by Gasteiger charge is -2.04. The summed E-state index contributed by atoms with van der Waals surface area (Å²) >= 11 is 0. The standard InChI is InChI=1S/C16H17N3/c1-4-14-18-15-11(2)10-13(17-16(15)19(14)3)12-8-6-5-7-9-12/h5-10H,4H2,1-3H3. The number of nitrogens with zero attached hydrogens (tertiary/aromatic N) is 3. The average Bonchev–Trinajstić information content (AvgIpc) is 2.77. The molecule has 1 aromatic carbocycles. The Hall–Kier alpha value is -2.16. The number of hydrogen-bond acceptors (Lipinski definition) is 2. The lowest BCUT2D eigenvalue weighted by Crippen LogP contribution is -1.97. The number of rotatable bonds is 2. The van der Waals surface area contributed by atoms with Crippen LogP contribution in [0.5, 0.6) is 0 Å². The van der Waals surface area contributed by atoms with Crippen molar-refractivity contribution in [3.05, 3.63) is 47.8 Å². The van der Waals surface area contributed by atoms with Gasteiger partial charge in [0.25, 0.3) is 0 Å². The van der Waals surface area contributed by atoms with Crippen molar-refractivity contribution in [3.8, 4) is 11.3 Å². The number of imidazole rings is 1. The first-order valence-electron chi connectivity index (χ1n) is 6.59. The first kappa shape index (κ1) is 11.9.